The SMILES string of the molecule is O=C(O)C1=CN(c2ccc(C(F)(F)F)cc2)O[C@@H]1C(F)(F)F. The minimum Gasteiger partial charge on any atom is -0.478 e. The predicted octanol–water partition coefficient (Wildman–Crippen LogP) is 3.36. The Morgan fingerprint density at radius 2 is 1.64 bits per heavy atom. The molecule has 0 saturated carbocycles. The van der Waals surface area contributed by atoms with Crippen molar-refractivity contribution in [1.82, 2.24) is 0 Å². The summed E-state index contributed by atoms with van der Waals surface area (Å²) in [6, 6.07) is 3.04. The molecule has 1 heterocycles. The Kier molecular flexibility index (Phi) is 3.81. The van der Waals surface area contributed by atoms with Gasteiger partial charge in [-0.2, -0.15) is 26.3 Å². The number of hydroxylamine groups is 1. The van der Waals surface area contributed by atoms with Gasteiger partial charge in [-0.05, 0) is 24.3 Å². The van der Waals surface area contributed by atoms with Crippen molar-refractivity contribution < 1.29 is 41.1 Å². The van der Waals surface area contributed by atoms with Gasteiger partial charge in [0, 0.05) is 6.20 Å². The van der Waals surface area contributed by atoms with E-state index in [1.165, 1.54) is 0 Å². The van der Waals surface area contributed by atoms with Gasteiger partial charge < -0.3 is 5.11 Å². The molecule has 0 aliphatic carbocycles. The molecule has 1 N–H and O–H groups in total. The molecule has 1 aromatic carbocycles. The molecule has 0 fully saturated rings. The van der Waals surface area contributed by atoms with Crippen molar-refractivity contribution in [1.29, 1.82) is 0 Å². The van der Waals surface area contributed by atoms with E-state index in [1.54, 1.807) is 0 Å². The number of benzene rings is 1. The van der Waals surface area contributed by atoms with E-state index in [2.05, 4.69) is 4.84 Å². The lowest BCUT2D eigenvalue weighted by atomic mass is 10.1. The van der Waals surface area contributed by atoms with Gasteiger partial charge in [0.1, 0.15) is 0 Å². The molecule has 0 saturated heterocycles. The number of hydrogen-bond acceptors (Lipinski definition) is 3. The second-order valence-corrected chi connectivity index (χ2v) is 4.29. The maximum atomic E-state index is 12.7. The van der Waals surface area contributed by atoms with Crippen molar-refractivity contribution in [3.63, 3.8) is 0 Å². The second kappa shape index (κ2) is 5.20. The number of rotatable bonds is 2. The van der Waals surface area contributed by atoms with Crippen LogP contribution in [0.3, 0.4) is 0 Å². The van der Waals surface area contributed by atoms with Crippen molar-refractivity contribution in [3.05, 3.63) is 41.6 Å². The highest BCUT2D eigenvalue weighted by Gasteiger charge is 2.50. The molecule has 1 aliphatic heterocycles. The zero-order chi connectivity index (χ0) is 16.7. The van der Waals surface area contributed by atoms with Crippen LogP contribution in [-0.2, 0) is 15.8 Å². The summed E-state index contributed by atoms with van der Waals surface area (Å²) < 4.78 is 75.2. The molecule has 0 radical (unpaired) electrons. The first-order chi connectivity index (χ1) is 10.00. The molecule has 1 aromatic rings. The van der Waals surface area contributed by atoms with E-state index in [0.29, 0.717) is 23.4 Å². The van der Waals surface area contributed by atoms with Gasteiger partial charge in [0.05, 0.1) is 16.8 Å². The molecule has 0 aromatic heterocycles. The van der Waals surface area contributed by atoms with Crippen LogP contribution in [0.5, 0.6) is 0 Å². The molecule has 0 bridgehead atoms. The lowest BCUT2D eigenvalue weighted by molar-refractivity contribution is -0.204. The van der Waals surface area contributed by atoms with Gasteiger partial charge in [0.2, 0.25) is 6.10 Å². The van der Waals surface area contributed by atoms with E-state index in [0.717, 1.165) is 12.1 Å². The Hall–Kier alpha value is -2.23. The third-order valence-electron chi connectivity index (χ3n) is 2.75. The zero-order valence-electron chi connectivity index (χ0n) is 10.4. The maximum Gasteiger partial charge on any atom is 0.421 e. The molecular formula is C12H7F6NO3. The van der Waals surface area contributed by atoms with E-state index in [1.807, 2.05) is 0 Å². The summed E-state index contributed by atoms with van der Waals surface area (Å²) in [5.41, 5.74) is -2.23. The molecule has 0 amide bonds. The van der Waals surface area contributed by atoms with Crippen LogP contribution in [0.15, 0.2) is 36.0 Å². The largest absolute Gasteiger partial charge is 0.478 e. The van der Waals surface area contributed by atoms with Crippen LogP contribution in [0.4, 0.5) is 32.0 Å². The average Bonchev–Trinajstić information content (AvgIpc) is 2.83. The van der Waals surface area contributed by atoms with Gasteiger partial charge in [-0.25, -0.2) is 9.86 Å². The Morgan fingerprint density at radius 3 is 2.00 bits per heavy atom. The Labute approximate surface area is 119 Å². The number of alkyl halides is 6. The van der Waals surface area contributed by atoms with Crippen molar-refractivity contribution >= 4 is 11.7 Å². The molecule has 1 atom stereocenters. The van der Waals surface area contributed by atoms with Crippen molar-refractivity contribution in [2.24, 2.45) is 0 Å². The quantitative estimate of drug-likeness (QED) is 0.847. The Balaban J connectivity index is 2.29. The predicted molar refractivity (Wildman–Crippen MR) is 60.6 cm³/mol. The summed E-state index contributed by atoms with van der Waals surface area (Å²) in [6.07, 6.45) is -11.7. The number of carbonyl (C=O) groups is 1. The van der Waals surface area contributed by atoms with Crippen LogP contribution < -0.4 is 5.06 Å². The number of nitrogens with zero attached hydrogens (tertiary/aromatic N) is 1. The number of aliphatic carboxylic acids is 1. The normalized spacial score (nSPS) is 19.3. The molecule has 10 heteroatoms. The minimum absolute atomic E-state index is 0.168. The standard InChI is InChI=1S/C12H7F6NO3/c13-11(14,15)6-1-3-7(4-2-6)19-5-8(10(20)21)9(22-19)12(16,17)18/h1-5,9H,(H,20,21)/t9-/m0/s1. The van der Waals surface area contributed by atoms with Crippen molar-refractivity contribution in [2.75, 3.05) is 5.06 Å². The van der Waals surface area contributed by atoms with Crippen LogP contribution in [0.2, 0.25) is 0 Å². The fourth-order valence-corrected chi connectivity index (χ4v) is 1.73. The van der Waals surface area contributed by atoms with Gasteiger partial charge in [-0.1, -0.05) is 0 Å². The third-order valence-corrected chi connectivity index (χ3v) is 2.75. The fraction of sp³-hybridized carbons (Fsp3) is 0.250. The average molecular weight is 327 g/mol. The van der Waals surface area contributed by atoms with Gasteiger partial charge >= 0.3 is 18.3 Å². The molecule has 1 aliphatic rings. The molecule has 120 valence electrons. The van der Waals surface area contributed by atoms with E-state index in [4.69, 9.17) is 5.11 Å². The molecule has 22 heavy (non-hydrogen) atoms. The highest BCUT2D eigenvalue weighted by molar-refractivity contribution is 5.89. The van der Waals surface area contributed by atoms with Gasteiger partial charge in [-0.15, -0.1) is 0 Å². The first-order valence-corrected chi connectivity index (χ1v) is 5.65. The highest BCUT2D eigenvalue weighted by atomic mass is 19.4. The molecule has 0 unspecified atom stereocenters. The minimum atomic E-state index is -4.97. The summed E-state index contributed by atoms with van der Waals surface area (Å²) in [5.74, 6) is -1.84. The number of carboxylic acids is 1. The summed E-state index contributed by atoms with van der Waals surface area (Å²) in [4.78, 5) is 15.3. The summed E-state index contributed by atoms with van der Waals surface area (Å²) >= 11 is 0. The van der Waals surface area contributed by atoms with Crippen molar-refractivity contribution in [3.8, 4) is 0 Å². The van der Waals surface area contributed by atoms with Crippen LogP contribution in [-0.4, -0.2) is 23.4 Å². The molecule has 0 spiro atoms. The molecule has 2 rings (SSSR count). The summed E-state index contributed by atoms with van der Waals surface area (Å²) in [7, 11) is 0. The molecule has 4 nitrogen and oxygen atoms in total. The van der Waals surface area contributed by atoms with Gasteiger partial charge in [0.25, 0.3) is 0 Å². The zero-order valence-corrected chi connectivity index (χ0v) is 10.4. The number of halogens is 6. The monoisotopic (exact) mass is 327 g/mol. The van der Waals surface area contributed by atoms with E-state index < -0.39 is 35.6 Å². The Morgan fingerprint density at radius 1 is 1.09 bits per heavy atom. The van der Waals surface area contributed by atoms with Crippen LogP contribution in [0.1, 0.15) is 5.56 Å². The maximum absolute atomic E-state index is 12.7. The van der Waals surface area contributed by atoms with Crippen LogP contribution in [0.25, 0.3) is 0 Å². The first-order valence-electron chi connectivity index (χ1n) is 5.65. The van der Waals surface area contributed by atoms with E-state index >= 15 is 0 Å². The van der Waals surface area contributed by atoms with E-state index in [9.17, 15) is 31.1 Å². The highest BCUT2D eigenvalue weighted by Crippen LogP contribution is 2.36. The fourth-order valence-electron chi connectivity index (χ4n) is 1.73. The third kappa shape index (κ3) is 3.16. The number of carboxylic acid groups (broad SMARTS) is 1. The van der Waals surface area contributed by atoms with Crippen LogP contribution in [0, 0.1) is 0 Å². The van der Waals surface area contributed by atoms with Gasteiger partial charge in [0.15, 0.2) is 0 Å². The number of anilines is 1. The summed E-state index contributed by atoms with van der Waals surface area (Å²) in [6.45, 7) is 0. The second-order valence-electron chi connectivity index (χ2n) is 4.29. The lowest BCUT2D eigenvalue weighted by Gasteiger charge is -2.20. The summed E-state index contributed by atoms with van der Waals surface area (Å²) in [5, 5.41) is 9.21. The van der Waals surface area contributed by atoms with Crippen LogP contribution >= 0.6 is 0 Å². The topological polar surface area (TPSA) is 49.8 Å². The van der Waals surface area contributed by atoms with E-state index in [-0.39, 0.29) is 5.69 Å². The first kappa shape index (κ1) is 16.1. The molecular weight excluding hydrogens is 320 g/mol. The number of hydrogen-bond donors (Lipinski definition) is 1. The Bertz CT molecular complexity index is 605. The van der Waals surface area contributed by atoms with Gasteiger partial charge in [-0.3, -0.25) is 4.84 Å². The smallest absolute Gasteiger partial charge is 0.421 e. The lowest BCUT2D eigenvalue weighted by Crippen LogP contribution is -2.35. The van der Waals surface area contributed by atoms with Crippen molar-refractivity contribution in [2.45, 2.75) is 18.5 Å².